The first-order valence-electron chi connectivity index (χ1n) is 9.99. The lowest BCUT2D eigenvalue weighted by atomic mass is 10.3. The van der Waals surface area contributed by atoms with E-state index in [0.717, 1.165) is 17.2 Å². The van der Waals surface area contributed by atoms with Crippen molar-refractivity contribution in [2.75, 3.05) is 43.1 Å². The minimum atomic E-state index is -4.62. The Bertz CT molecular complexity index is 1230. The number of pyridine rings is 1. The molecule has 0 unspecified atom stereocenters. The lowest BCUT2D eigenvalue weighted by molar-refractivity contribution is -0.135. The number of hydrogen-bond acceptors (Lipinski definition) is 8. The molecule has 1 aliphatic heterocycles. The van der Waals surface area contributed by atoms with Crippen molar-refractivity contribution in [2.45, 2.75) is 19.6 Å². The third-order valence-electron chi connectivity index (χ3n) is 4.65. The summed E-state index contributed by atoms with van der Waals surface area (Å²) in [5.74, 6) is 0.0254. The molecule has 0 spiro atoms. The number of thiazole rings is 1. The molecule has 2 N–H and O–H groups in total. The Morgan fingerprint density at radius 1 is 1.36 bits per heavy atom. The van der Waals surface area contributed by atoms with E-state index in [1.165, 1.54) is 10.8 Å². The van der Waals surface area contributed by atoms with E-state index in [0.29, 0.717) is 32.1 Å². The molecule has 2 aromatic rings. The molecule has 1 fully saturated rings. The number of alkyl halides is 3. The van der Waals surface area contributed by atoms with Crippen LogP contribution in [0.3, 0.4) is 0 Å². The Hall–Kier alpha value is -3.37. The average Bonchev–Trinajstić information content (AvgIpc) is 3.12. The summed E-state index contributed by atoms with van der Waals surface area (Å²) in [5, 5.41) is 14.0. The van der Waals surface area contributed by atoms with Crippen molar-refractivity contribution in [2.24, 2.45) is 0 Å². The lowest BCUT2D eigenvalue weighted by Crippen LogP contribution is -2.37. The minimum Gasteiger partial charge on any atom is -0.378 e. The van der Waals surface area contributed by atoms with E-state index in [1.807, 2.05) is 12.1 Å². The van der Waals surface area contributed by atoms with Gasteiger partial charge in [-0.1, -0.05) is 6.07 Å². The molecule has 13 heteroatoms. The molecule has 3 rings (SSSR count). The van der Waals surface area contributed by atoms with Crippen LogP contribution in [0.5, 0.6) is 0 Å². The Morgan fingerprint density at radius 3 is 2.73 bits per heavy atom. The average molecular weight is 482 g/mol. The van der Waals surface area contributed by atoms with Crippen molar-refractivity contribution in [3.63, 3.8) is 0 Å². The Labute approximate surface area is 190 Å². The van der Waals surface area contributed by atoms with Gasteiger partial charge in [-0.25, -0.2) is 4.98 Å². The summed E-state index contributed by atoms with van der Waals surface area (Å²) in [5.41, 5.74) is -1.04. The van der Waals surface area contributed by atoms with Gasteiger partial charge in [0.2, 0.25) is 0 Å². The van der Waals surface area contributed by atoms with Crippen molar-refractivity contribution in [3.8, 4) is 6.07 Å². The molecule has 33 heavy (non-hydrogen) atoms. The molecular formula is C20H21F3N6O3S. The van der Waals surface area contributed by atoms with Crippen molar-refractivity contribution < 1.29 is 22.7 Å². The summed E-state index contributed by atoms with van der Waals surface area (Å²) in [7, 11) is 0. The number of carbonyl (C=O) groups is 1. The second kappa shape index (κ2) is 10.5. The fourth-order valence-corrected chi connectivity index (χ4v) is 4.16. The van der Waals surface area contributed by atoms with Crippen molar-refractivity contribution in [1.29, 1.82) is 5.26 Å². The number of anilines is 2. The zero-order valence-corrected chi connectivity index (χ0v) is 18.4. The molecule has 0 aliphatic carbocycles. The van der Waals surface area contributed by atoms with Gasteiger partial charge < -0.3 is 20.3 Å². The Kier molecular flexibility index (Phi) is 7.72. The number of ether oxygens (including phenoxy) is 1. The molecule has 9 nitrogen and oxygen atoms in total. The number of rotatable bonds is 6. The minimum absolute atomic E-state index is 0.0206. The normalized spacial score (nSPS) is 15.7. The van der Waals surface area contributed by atoms with Gasteiger partial charge in [0.1, 0.15) is 33.4 Å². The highest BCUT2D eigenvalue weighted by atomic mass is 32.1. The van der Waals surface area contributed by atoms with Crippen LogP contribution in [0, 0.1) is 11.3 Å². The van der Waals surface area contributed by atoms with Gasteiger partial charge in [-0.15, -0.1) is 11.3 Å². The first kappa shape index (κ1) is 24.3. The number of halogens is 3. The molecule has 1 saturated heterocycles. The summed E-state index contributed by atoms with van der Waals surface area (Å²) in [6, 6.07) is 6.99. The fourth-order valence-electron chi connectivity index (χ4n) is 3.07. The molecule has 2 aromatic heterocycles. The summed E-state index contributed by atoms with van der Waals surface area (Å²) >= 11 is 0.833. The van der Waals surface area contributed by atoms with Crippen LogP contribution < -0.4 is 30.3 Å². The third-order valence-corrected chi connectivity index (χ3v) is 5.78. The van der Waals surface area contributed by atoms with Crippen molar-refractivity contribution in [1.82, 2.24) is 14.9 Å². The number of hydrogen-bond donors (Lipinski definition) is 2. The number of morpholine rings is 1. The quantitative estimate of drug-likeness (QED) is 0.612. The van der Waals surface area contributed by atoms with E-state index in [-0.39, 0.29) is 15.7 Å². The van der Waals surface area contributed by atoms with Crippen LogP contribution in [0.4, 0.5) is 24.8 Å². The summed E-state index contributed by atoms with van der Waals surface area (Å²) < 4.78 is 43.9. The maximum atomic E-state index is 12.7. The zero-order valence-electron chi connectivity index (χ0n) is 17.6. The molecule has 0 saturated carbocycles. The van der Waals surface area contributed by atoms with Gasteiger partial charge in [0, 0.05) is 25.8 Å². The van der Waals surface area contributed by atoms with Crippen LogP contribution in [0.25, 0.3) is 11.8 Å². The summed E-state index contributed by atoms with van der Waals surface area (Å²) in [4.78, 5) is 31.5. The first-order valence-corrected chi connectivity index (χ1v) is 10.8. The predicted molar refractivity (Wildman–Crippen MR) is 117 cm³/mol. The van der Waals surface area contributed by atoms with Crippen LogP contribution in [-0.4, -0.2) is 54.5 Å². The molecule has 176 valence electrons. The highest BCUT2D eigenvalue weighted by Gasteiger charge is 2.28. The van der Waals surface area contributed by atoms with Crippen LogP contribution in [0.1, 0.15) is 6.92 Å². The number of nitrogens with zero attached hydrogens (tertiary/aromatic N) is 4. The van der Waals surface area contributed by atoms with E-state index in [9.17, 15) is 28.0 Å². The topological polar surface area (TPSA) is 112 Å². The van der Waals surface area contributed by atoms with Crippen molar-refractivity contribution >= 4 is 40.7 Å². The van der Waals surface area contributed by atoms with E-state index < -0.39 is 29.8 Å². The van der Waals surface area contributed by atoms with Crippen LogP contribution in [0.2, 0.25) is 0 Å². The lowest BCUT2D eigenvalue weighted by Gasteiger charge is -2.27. The SMILES string of the molecule is CCn1c(=O)/c(=C\Nc2cccc(N3CCOCC3)n2)s/c1=C(/C#N)C(=O)NCC(F)(F)F. The second-order valence-electron chi connectivity index (χ2n) is 6.87. The summed E-state index contributed by atoms with van der Waals surface area (Å²) in [6.45, 7) is 2.80. The molecule has 0 aromatic carbocycles. The monoisotopic (exact) mass is 482 g/mol. The van der Waals surface area contributed by atoms with Gasteiger partial charge in [0.05, 0.1) is 13.2 Å². The molecule has 1 aliphatic rings. The van der Waals surface area contributed by atoms with Crippen molar-refractivity contribution in [3.05, 3.63) is 37.7 Å². The molecule has 3 heterocycles. The number of nitrogens with one attached hydrogen (secondary N) is 2. The standard InChI is InChI=1S/C20H21F3N6O3S/c1-2-29-18(31)14(33-19(29)13(10-24)17(30)26-12-20(21,22)23)11-25-15-4-3-5-16(27-15)28-6-8-32-9-7-28/h3-5,11H,2,6-9,12H2,1H3,(H,25,27)(H,26,30)/b14-11+,19-13-. The summed E-state index contributed by atoms with van der Waals surface area (Å²) in [6.07, 6.45) is -3.22. The molecule has 1 amide bonds. The number of amides is 1. The first-order chi connectivity index (χ1) is 15.7. The van der Waals surface area contributed by atoms with Crippen LogP contribution in [-0.2, 0) is 16.1 Å². The van der Waals surface area contributed by atoms with Gasteiger partial charge >= 0.3 is 6.18 Å². The van der Waals surface area contributed by atoms with E-state index in [4.69, 9.17) is 4.74 Å². The van der Waals surface area contributed by atoms with Gasteiger partial charge in [0.25, 0.3) is 11.5 Å². The van der Waals surface area contributed by atoms with Crippen LogP contribution >= 0.6 is 11.3 Å². The molecular weight excluding hydrogens is 461 g/mol. The van der Waals surface area contributed by atoms with E-state index in [1.54, 1.807) is 24.4 Å². The molecule has 0 atom stereocenters. The van der Waals surface area contributed by atoms with E-state index in [2.05, 4.69) is 15.2 Å². The van der Waals surface area contributed by atoms with E-state index >= 15 is 0 Å². The number of carbonyl (C=O) groups excluding carboxylic acids is 1. The number of aromatic nitrogens is 2. The maximum absolute atomic E-state index is 12.7. The fraction of sp³-hybridized carbons (Fsp3) is 0.400. The van der Waals surface area contributed by atoms with Gasteiger partial charge in [-0.05, 0) is 19.1 Å². The largest absolute Gasteiger partial charge is 0.405 e. The highest BCUT2D eigenvalue weighted by molar-refractivity contribution is 7.07. The van der Waals surface area contributed by atoms with Gasteiger partial charge in [-0.3, -0.25) is 14.2 Å². The Morgan fingerprint density at radius 2 is 2.09 bits per heavy atom. The van der Waals surface area contributed by atoms with Gasteiger partial charge in [-0.2, -0.15) is 18.4 Å². The predicted octanol–water partition coefficient (Wildman–Crippen LogP) is 0.364. The maximum Gasteiger partial charge on any atom is 0.405 e. The zero-order chi connectivity index (χ0) is 24.0. The molecule has 0 radical (unpaired) electrons. The number of nitriles is 1. The van der Waals surface area contributed by atoms with Crippen LogP contribution in [0.15, 0.2) is 23.0 Å². The van der Waals surface area contributed by atoms with Gasteiger partial charge in [0.15, 0.2) is 5.57 Å². The third kappa shape index (κ3) is 6.11. The second-order valence-corrected chi connectivity index (χ2v) is 7.91. The Balaban J connectivity index is 1.92. The highest BCUT2D eigenvalue weighted by Crippen LogP contribution is 2.15. The molecule has 0 bridgehead atoms. The smallest absolute Gasteiger partial charge is 0.378 e.